The lowest BCUT2D eigenvalue weighted by Gasteiger charge is -2.31. The Labute approximate surface area is 173 Å². The van der Waals surface area contributed by atoms with E-state index in [2.05, 4.69) is 66.0 Å². The molecule has 7 heteroatoms. The predicted octanol–water partition coefficient (Wildman–Crippen LogP) is 3.67. The fourth-order valence-corrected chi connectivity index (χ4v) is 4.33. The Bertz CT molecular complexity index is 956. The molecule has 146 valence electrons. The third-order valence-corrected chi connectivity index (χ3v) is 6.16. The number of halogens is 1. The second kappa shape index (κ2) is 8.31. The highest BCUT2D eigenvalue weighted by Crippen LogP contribution is 2.40. The highest BCUT2D eigenvalue weighted by atomic mass is 79.9. The number of aliphatic imine (C=N–C) groups is 1. The van der Waals surface area contributed by atoms with E-state index in [9.17, 15) is 0 Å². The molecule has 1 aromatic carbocycles. The van der Waals surface area contributed by atoms with Crippen LogP contribution >= 0.6 is 15.9 Å². The summed E-state index contributed by atoms with van der Waals surface area (Å²) >= 11 is 3.54. The standard InChI is InChI=1S/C21H25BrN6/c1-23-20(24-14-19-27-26-18-6-2-5-13-28(18)19)25-15-21(11-3-4-12-21)16-7-9-17(22)10-8-16/h2,5-10,13H,3-4,11-12,14-15H2,1H3,(H2,23,24,25). The van der Waals surface area contributed by atoms with Crippen molar-refractivity contribution in [1.29, 1.82) is 0 Å². The smallest absolute Gasteiger partial charge is 0.191 e. The van der Waals surface area contributed by atoms with Crippen LogP contribution in [0.15, 0.2) is 58.1 Å². The number of rotatable bonds is 5. The van der Waals surface area contributed by atoms with E-state index in [0.717, 1.165) is 28.4 Å². The molecule has 0 atom stereocenters. The van der Waals surface area contributed by atoms with Gasteiger partial charge in [0, 0.05) is 29.7 Å². The van der Waals surface area contributed by atoms with Crippen LogP contribution in [0.3, 0.4) is 0 Å². The molecule has 3 aromatic rings. The summed E-state index contributed by atoms with van der Waals surface area (Å²) in [5.41, 5.74) is 2.42. The summed E-state index contributed by atoms with van der Waals surface area (Å²) in [5, 5.41) is 15.4. The summed E-state index contributed by atoms with van der Waals surface area (Å²) in [6, 6.07) is 14.7. The van der Waals surface area contributed by atoms with E-state index in [0.29, 0.717) is 6.54 Å². The lowest BCUT2D eigenvalue weighted by molar-refractivity contribution is 0.431. The van der Waals surface area contributed by atoms with Gasteiger partial charge in [0.05, 0.1) is 6.54 Å². The van der Waals surface area contributed by atoms with Gasteiger partial charge in [0.1, 0.15) is 0 Å². The molecule has 0 saturated heterocycles. The molecule has 2 heterocycles. The fraction of sp³-hybridized carbons (Fsp3) is 0.381. The first-order valence-corrected chi connectivity index (χ1v) is 10.5. The van der Waals surface area contributed by atoms with E-state index in [-0.39, 0.29) is 5.41 Å². The molecule has 1 fully saturated rings. The number of nitrogens with zero attached hydrogens (tertiary/aromatic N) is 4. The number of nitrogens with one attached hydrogen (secondary N) is 2. The van der Waals surface area contributed by atoms with E-state index >= 15 is 0 Å². The first kappa shape index (κ1) is 18.9. The Kier molecular flexibility index (Phi) is 5.62. The zero-order valence-corrected chi connectivity index (χ0v) is 17.6. The fourth-order valence-electron chi connectivity index (χ4n) is 4.07. The minimum atomic E-state index is 0.167. The number of guanidine groups is 1. The largest absolute Gasteiger partial charge is 0.356 e. The number of fused-ring (bicyclic) bond motifs is 1. The summed E-state index contributed by atoms with van der Waals surface area (Å²) in [7, 11) is 1.80. The quantitative estimate of drug-likeness (QED) is 0.469. The molecule has 6 nitrogen and oxygen atoms in total. The average Bonchev–Trinajstić information content (AvgIpc) is 3.37. The van der Waals surface area contributed by atoms with Crippen molar-refractivity contribution in [3.63, 3.8) is 0 Å². The first-order chi connectivity index (χ1) is 13.7. The van der Waals surface area contributed by atoms with Gasteiger partial charge in [0.15, 0.2) is 17.4 Å². The van der Waals surface area contributed by atoms with Crippen LogP contribution in [0.2, 0.25) is 0 Å². The van der Waals surface area contributed by atoms with Gasteiger partial charge in [-0.15, -0.1) is 10.2 Å². The molecule has 0 spiro atoms. The molecule has 0 bridgehead atoms. The van der Waals surface area contributed by atoms with Crippen LogP contribution in [0.25, 0.3) is 5.65 Å². The third kappa shape index (κ3) is 3.90. The van der Waals surface area contributed by atoms with Gasteiger partial charge >= 0.3 is 0 Å². The average molecular weight is 441 g/mol. The van der Waals surface area contributed by atoms with E-state index in [1.54, 1.807) is 7.05 Å². The lowest BCUT2D eigenvalue weighted by atomic mass is 9.79. The van der Waals surface area contributed by atoms with Crippen molar-refractivity contribution in [2.45, 2.75) is 37.6 Å². The van der Waals surface area contributed by atoms with Crippen molar-refractivity contribution >= 4 is 27.5 Å². The minimum absolute atomic E-state index is 0.167. The van der Waals surface area contributed by atoms with Crippen LogP contribution < -0.4 is 10.6 Å². The van der Waals surface area contributed by atoms with Crippen molar-refractivity contribution < 1.29 is 0 Å². The Morgan fingerprint density at radius 3 is 2.64 bits per heavy atom. The maximum Gasteiger partial charge on any atom is 0.191 e. The zero-order chi connectivity index (χ0) is 19.4. The van der Waals surface area contributed by atoms with Crippen molar-refractivity contribution in [3.8, 4) is 0 Å². The summed E-state index contributed by atoms with van der Waals surface area (Å²) < 4.78 is 3.11. The van der Waals surface area contributed by atoms with Gasteiger partial charge in [0.25, 0.3) is 0 Å². The van der Waals surface area contributed by atoms with Crippen molar-refractivity contribution in [2.75, 3.05) is 13.6 Å². The van der Waals surface area contributed by atoms with Crippen LogP contribution in [0.1, 0.15) is 37.1 Å². The molecular weight excluding hydrogens is 416 g/mol. The molecule has 28 heavy (non-hydrogen) atoms. The van der Waals surface area contributed by atoms with Gasteiger partial charge in [-0.25, -0.2) is 0 Å². The van der Waals surface area contributed by atoms with E-state index in [1.807, 2.05) is 28.8 Å². The highest BCUT2D eigenvalue weighted by Gasteiger charge is 2.35. The van der Waals surface area contributed by atoms with Crippen molar-refractivity contribution in [1.82, 2.24) is 25.2 Å². The maximum atomic E-state index is 4.40. The van der Waals surface area contributed by atoms with E-state index in [4.69, 9.17) is 0 Å². The SMILES string of the molecule is CN=C(NCc1nnc2ccccn12)NCC1(c2ccc(Br)cc2)CCCC1. The van der Waals surface area contributed by atoms with Crippen molar-refractivity contribution in [2.24, 2.45) is 4.99 Å². The van der Waals surface area contributed by atoms with Crippen LogP contribution in [-0.4, -0.2) is 34.2 Å². The Morgan fingerprint density at radius 2 is 1.89 bits per heavy atom. The molecule has 4 rings (SSSR count). The molecular formula is C21H25BrN6. The van der Waals surface area contributed by atoms with Gasteiger partial charge in [0.2, 0.25) is 0 Å². The van der Waals surface area contributed by atoms with Gasteiger partial charge < -0.3 is 10.6 Å². The van der Waals surface area contributed by atoms with Crippen LogP contribution in [0, 0.1) is 0 Å². The molecule has 0 radical (unpaired) electrons. The monoisotopic (exact) mass is 440 g/mol. The van der Waals surface area contributed by atoms with Gasteiger partial charge in [-0.2, -0.15) is 0 Å². The Balaban J connectivity index is 1.42. The zero-order valence-electron chi connectivity index (χ0n) is 16.0. The molecule has 0 aliphatic heterocycles. The number of hydrogen-bond donors (Lipinski definition) is 2. The topological polar surface area (TPSA) is 66.6 Å². The molecule has 1 aliphatic carbocycles. The second-order valence-corrected chi connectivity index (χ2v) is 8.23. The summed E-state index contributed by atoms with van der Waals surface area (Å²) in [6.45, 7) is 1.44. The molecule has 0 amide bonds. The first-order valence-electron chi connectivity index (χ1n) is 9.69. The van der Waals surface area contributed by atoms with Crippen LogP contribution in [0.5, 0.6) is 0 Å². The minimum Gasteiger partial charge on any atom is -0.356 e. The van der Waals surface area contributed by atoms with Gasteiger partial charge in [-0.3, -0.25) is 9.39 Å². The lowest BCUT2D eigenvalue weighted by Crippen LogP contribution is -2.44. The highest BCUT2D eigenvalue weighted by molar-refractivity contribution is 9.10. The number of pyridine rings is 1. The Hall–Kier alpha value is -2.41. The van der Waals surface area contributed by atoms with Gasteiger partial charge in [-0.05, 0) is 42.7 Å². The number of hydrogen-bond acceptors (Lipinski definition) is 3. The van der Waals surface area contributed by atoms with Crippen LogP contribution in [0.4, 0.5) is 0 Å². The second-order valence-electron chi connectivity index (χ2n) is 7.32. The molecule has 1 saturated carbocycles. The molecule has 0 unspecified atom stereocenters. The molecule has 2 aromatic heterocycles. The maximum absolute atomic E-state index is 4.40. The Morgan fingerprint density at radius 1 is 1.11 bits per heavy atom. The van der Waals surface area contributed by atoms with Gasteiger partial charge in [-0.1, -0.05) is 47.0 Å². The predicted molar refractivity (Wildman–Crippen MR) is 115 cm³/mol. The van der Waals surface area contributed by atoms with E-state index in [1.165, 1.54) is 31.2 Å². The van der Waals surface area contributed by atoms with E-state index < -0.39 is 0 Å². The molecule has 2 N–H and O–H groups in total. The summed E-state index contributed by atoms with van der Waals surface area (Å²) in [4.78, 5) is 4.40. The van der Waals surface area contributed by atoms with Crippen molar-refractivity contribution in [3.05, 3.63) is 64.5 Å². The van der Waals surface area contributed by atoms with Crippen LogP contribution in [-0.2, 0) is 12.0 Å². The number of benzene rings is 1. The number of aromatic nitrogens is 3. The third-order valence-electron chi connectivity index (χ3n) is 5.63. The summed E-state index contributed by atoms with van der Waals surface area (Å²) in [5.74, 6) is 1.65. The normalized spacial score (nSPS) is 16.4. The summed E-state index contributed by atoms with van der Waals surface area (Å²) in [6.07, 6.45) is 6.93. The molecule has 1 aliphatic rings.